The summed E-state index contributed by atoms with van der Waals surface area (Å²) in [6, 6.07) is 101. The van der Waals surface area contributed by atoms with Crippen LogP contribution >= 0.6 is 0 Å². The number of benzene rings is 11. The fourth-order valence-corrected chi connectivity index (χ4v) is 9.65. The molecular weight excluding hydrogens is 851 g/mol. The number of fused-ring (bicyclic) bond motifs is 3. The van der Waals surface area contributed by atoms with E-state index in [1.165, 1.54) is 11.1 Å². The van der Waals surface area contributed by atoms with E-state index in [1.807, 2.05) is 6.07 Å². The molecular formula is C66H47N3O. The van der Waals surface area contributed by atoms with E-state index in [-0.39, 0.29) is 0 Å². The highest BCUT2D eigenvalue weighted by molar-refractivity contribution is 6.10. The van der Waals surface area contributed by atoms with Crippen molar-refractivity contribution in [3.8, 4) is 33.4 Å². The van der Waals surface area contributed by atoms with Crippen LogP contribution in [0.2, 0.25) is 0 Å². The Morgan fingerprint density at radius 1 is 0.214 bits per heavy atom. The van der Waals surface area contributed by atoms with Gasteiger partial charge in [0.2, 0.25) is 0 Å². The zero-order valence-corrected chi connectivity index (χ0v) is 38.4. The van der Waals surface area contributed by atoms with E-state index in [0.29, 0.717) is 0 Å². The summed E-state index contributed by atoms with van der Waals surface area (Å²) in [5, 5.41) is 2.14. The standard InChI is InChI=1S/C66H47N3O/c1-6-19-48(20-7-1)51-33-39-56(40-34-51)67(54-25-12-4-13-26-54)59-45-60(68(55-27-14-5-15-28-55)57-41-35-52(36-42-57)49-21-8-2-9-22-49)47-61(46-59)69(58-43-37-53(38-44-58)50-23-10-3-11-24-50)64-31-18-30-63-62-29-16-17-32-65(62)70-66(63)64/h1-47H. The average molecular weight is 898 g/mol. The summed E-state index contributed by atoms with van der Waals surface area (Å²) in [5.74, 6) is 0. The van der Waals surface area contributed by atoms with Crippen molar-refractivity contribution in [2.24, 2.45) is 0 Å². The Balaban J connectivity index is 1.12. The summed E-state index contributed by atoms with van der Waals surface area (Å²) in [6.45, 7) is 0. The van der Waals surface area contributed by atoms with Crippen LogP contribution in [0.5, 0.6) is 0 Å². The molecule has 12 rings (SSSR count). The molecule has 1 aromatic heterocycles. The van der Waals surface area contributed by atoms with Gasteiger partial charge in [-0.05, 0) is 124 Å². The van der Waals surface area contributed by atoms with Gasteiger partial charge in [0.05, 0.1) is 22.7 Å². The number of hydrogen-bond acceptors (Lipinski definition) is 4. The molecule has 0 aliphatic carbocycles. The van der Waals surface area contributed by atoms with Gasteiger partial charge in [-0.3, -0.25) is 0 Å². The Morgan fingerprint density at radius 3 is 0.957 bits per heavy atom. The van der Waals surface area contributed by atoms with Crippen LogP contribution in [-0.2, 0) is 0 Å². The first-order valence-corrected chi connectivity index (χ1v) is 23.7. The number of rotatable bonds is 12. The molecule has 0 bridgehead atoms. The molecule has 0 aliphatic rings. The van der Waals surface area contributed by atoms with Gasteiger partial charge in [0.1, 0.15) is 5.58 Å². The third-order valence-electron chi connectivity index (χ3n) is 13.0. The molecule has 1 heterocycles. The molecule has 0 unspecified atom stereocenters. The Labute approximate surface area is 408 Å². The SMILES string of the molecule is c1ccc(-c2ccc(N(c3ccccc3)c3cc(N(c4ccccc4)c4ccc(-c5ccccc5)cc4)cc(N(c4ccc(-c5ccccc5)cc4)c4cccc5c4oc4ccccc45)c3)cc2)cc1. The minimum Gasteiger partial charge on any atom is -0.454 e. The molecule has 4 nitrogen and oxygen atoms in total. The van der Waals surface area contributed by atoms with Crippen LogP contribution in [0.1, 0.15) is 0 Å². The van der Waals surface area contributed by atoms with Crippen LogP contribution in [0.3, 0.4) is 0 Å². The largest absolute Gasteiger partial charge is 0.454 e. The molecule has 332 valence electrons. The number of nitrogens with zero attached hydrogens (tertiary/aromatic N) is 3. The van der Waals surface area contributed by atoms with Crippen molar-refractivity contribution in [3.05, 3.63) is 285 Å². The summed E-state index contributed by atoms with van der Waals surface area (Å²) in [5.41, 5.74) is 17.6. The van der Waals surface area contributed by atoms with Gasteiger partial charge in [-0.1, -0.05) is 194 Å². The third-order valence-corrected chi connectivity index (χ3v) is 13.0. The van der Waals surface area contributed by atoms with Gasteiger partial charge in [-0.15, -0.1) is 0 Å². The van der Waals surface area contributed by atoms with Gasteiger partial charge < -0.3 is 19.1 Å². The molecule has 0 aliphatic heterocycles. The first-order valence-electron chi connectivity index (χ1n) is 23.7. The Kier molecular flexibility index (Phi) is 11.2. The fraction of sp³-hybridized carbons (Fsp3) is 0. The van der Waals surface area contributed by atoms with E-state index >= 15 is 0 Å². The van der Waals surface area contributed by atoms with Gasteiger partial charge in [0.25, 0.3) is 0 Å². The zero-order valence-electron chi connectivity index (χ0n) is 38.4. The van der Waals surface area contributed by atoms with Crippen molar-refractivity contribution in [1.29, 1.82) is 0 Å². The van der Waals surface area contributed by atoms with Gasteiger partial charge in [0, 0.05) is 39.2 Å². The molecule has 12 aromatic rings. The lowest BCUT2D eigenvalue weighted by molar-refractivity contribution is 0.669. The molecule has 11 aromatic carbocycles. The van der Waals surface area contributed by atoms with Gasteiger partial charge in [-0.25, -0.2) is 0 Å². The maximum absolute atomic E-state index is 6.87. The van der Waals surface area contributed by atoms with Crippen LogP contribution in [0, 0.1) is 0 Å². The van der Waals surface area contributed by atoms with Crippen LogP contribution in [-0.4, -0.2) is 0 Å². The molecule has 0 radical (unpaired) electrons. The molecule has 0 N–H and O–H groups in total. The molecule has 4 heteroatoms. The molecule has 0 spiro atoms. The number of hydrogen-bond donors (Lipinski definition) is 0. The summed E-state index contributed by atoms with van der Waals surface area (Å²) >= 11 is 0. The maximum Gasteiger partial charge on any atom is 0.159 e. The summed E-state index contributed by atoms with van der Waals surface area (Å²) in [7, 11) is 0. The highest BCUT2D eigenvalue weighted by Gasteiger charge is 2.25. The predicted octanol–water partition coefficient (Wildman–Crippen LogP) is 19.0. The predicted molar refractivity (Wildman–Crippen MR) is 294 cm³/mol. The Bertz CT molecular complexity index is 3530. The van der Waals surface area contributed by atoms with E-state index in [0.717, 1.165) is 95.4 Å². The lowest BCUT2D eigenvalue weighted by Crippen LogP contribution is -2.16. The lowest BCUT2D eigenvalue weighted by Gasteiger charge is -2.33. The minimum atomic E-state index is 0.815. The van der Waals surface area contributed by atoms with Gasteiger partial charge >= 0.3 is 0 Å². The van der Waals surface area contributed by atoms with Crippen molar-refractivity contribution >= 4 is 73.1 Å². The Morgan fingerprint density at radius 2 is 0.529 bits per heavy atom. The van der Waals surface area contributed by atoms with E-state index in [2.05, 4.69) is 294 Å². The maximum atomic E-state index is 6.87. The normalized spacial score (nSPS) is 11.1. The van der Waals surface area contributed by atoms with Crippen molar-refractivity contribution < 1.29 is 4.42 Å². The summed E-state index contributed by atoms with van der Waals surface area (Å²) < 4.78 is 6.87. The smallest absolute Gasteiger partial charge is 0.159 e. The second-order valence-corrected chi connectivity index (χ2v) is 17.4. The average Bonchev–Trinajstić information content (AvgIpc) is 3.83. The monoisotopic (exact) mass is 897 g/mol. The molecule has 0 atom stereocenters. The first-order chi connectivity index (χ1) is 34.7. The summed E-state index contributed by atoms with van der Waals surface area (Å²) in [4.78, 5) is 7.08. The second-order valence-electron chi connectivity index (χ2n) is 17.4. The summed E-state index contributed by atoms with van der Waals surface area (Å²) in [6.07, 6.45) is 0. The molecule has 0 amide bonds. The number of furan rings is 1. The van der Waals surface area contributed by atoms with E-state index in [9.17, 15) is 0 Å². The van der Waals surface area contributed by atoms with Crippen LogP contribution in [0.4, 0.5) is 51.2 Å². The van der Waals surface area contributed by atoms with Crippen LogP contribution < -0.4 is 14.7 Å². The van der Waals surface area contributed by atoms with Crippen molar-refractivity contribution in [1.82, 2.24) is 0 Å². The molecule has 0 saturated heterocycles. The Hall–Kier alpha value is -9.38. The molecule has 70 heavy (non-hydrogen) atoms. The van der Waals surface area contributed by atoms with Crippen molar-refractivity contribution in [2.75, 3.05) is 14.7 Å². The molecule has 0 saturated carbocycles. The quantitative estimate of drug-likeness (QED) is 0.122. The zero-order chi connectivity index (χ0) is 46.6. The highest BCUT2D eigenvalue weighted by Crippen LogP contribution is 2.48. The third kappa shape index (κ3) is 8.25. The second kappa shape index (κ2) is 18.7. The van der Waals surface area contributed by atoms with Crippen LogP contribution in [0.15, 0.2) is 290 Å². The number of para-hydroxylation sites is 4. The van der Waals surface area contributed by atoms with E-state index in [1.54, 1.807) is 0 Å². The van der Waals surface area contributed by atoms with Crippen molar-refractivity contribution in [3.63, 3.8) is 0 Å². The highest BCUT2D eigenvalue weighted by atomic mass is 16.3. The van der Waals surface area contributed by atoms with E-state index < -0.39 is 0 Å². The molecule has 0 fully saturated rings. The van der Waals surface area contributed by atoms with Gasteiger partial charge in [0.15, 0.2) is 5.58 Å². The van der Waals surface area contributed by atoms with Gasteiger partial charge in [-0.2, -0.15) is 0 Å². The van der Waals surface area contributed by atoms with Crippen molar-refractivity contribution in [2.45, 2.75) is 0 Å². The fourth-order valence-electron chi connectivity index (χ4n) is 9.65. The van der Waals surface area contributed by atoms with Crippen LogP contribution in [0.25, 0.3) is 55.3 Å². The topological polar surface area (TPSA) is 22.9 Å². The lowest BCUT2D eigenvalue weighted by atomic mass is 10.0. The minimum absolute atomic E-state index is 0.815. The number of anilines is 9. The first kappa shape index (κ1) is 42.0. The van der Waals surface area contributed by atoms with E-state index in [4.69, 9.17) is 4.42 Å².